The van der Waals surface area contributed by atoms with E-state index >= 15 is 0 Å². The molecule has 2 aromatic carbocycles. The van der Waals surface area contributed by atoms with Crippen LogP contribution in [0.3, 0.4) is 0 Å². The molecule has 28 heavy (non-hydrogen) atoms. The van der Waals surface area contributed by atoms with Crippen LogP contribution in [0.5, 0.6) is 11.5 Å². The number of hydrogen-bond donors (Lipinski definition) is 2. The third-order valence-electron chi connectivity index (χ3n) is 4.47. The number of aromatic amines is 1. The number of fused-ring (bicyclic) bond motifs is 2. The monoisotopic (exact) mass is 376 g/mol. The van der Waals surface area contributed by atoms with Crippen molar-refractivity contribution in [2.75, 3.05) is 18.5 Å². The van der Waals surface area contributed by atoms with Crippen molar-refractivity contribution in [3.05, 3.63) is 54.0 Å². The van der Waals surface area contributed by atoms with Gasteiger partial charge in [0, 0.05) is 18.2 Å². The van der Waals surface area contributed by atoms with Crippen molar-refractivity contribution in [3.8, 4) is 22.8 Å². The maximum absolute atomic E-state index is 12.8. The smallest absolute Gasteiger partial charge is 0.259 e. The highest BCUT2D eigenvalue weighted by molar-refractivity contribution is 6.08. The fraction of sp³-hybridized carbons (Fsp3) is 0.150. The van der Waals surface area contributed by atoms with Crippen molar-refractivity contribution in [1.82, 2.24) is 15.2 Å². The summed E-state index contributed by atoms with van der Waals surface area (Å²) in [5, 5.41) is 9.82. The fourth-order valence-corrected chi connectivity index (χ4v) is 3.20. The Balaban J connectivity index is 1.44. The van der Waals surface area contributed by atoms with Crippen LogP contribution in [0.4, 0.5) is 5.69 Å². The molecule has 0 unspecified atom stereocenters. The molecule has 0 spiro atoms. The molecule has 8 nitrogen and oxygen atoms in total. The van der Waals surface area contributed by atoms with Gasteiger partial charge in [-0.1, -0.05) is 0 Å². The van der Waals surface area contributed by atoms with Gasteiger partial charge in [-0.3, -0.25) is 9.89 Å². The zero-order chi connectivity index (χ0) is 19.1. The van der Waals surface area contributed by atoms with E-state index in [1.165, 1.54) is 6.20 Å². The summed E-state index contributed by atoms with van der Waals surface area (Å²) in [7, 11) is 0. The van der Waals surface area contributed by atoms with E-state index in [0.29, 0.717) is 58.6 Å². The summed E-state index contributed by atoms with van der Waals surface area (Å²) < 4.78 is 16.6. The highest BCUT2D eigenvalue weighted by atomic mass is 16.6. The first-order valence-electron chi connectivity index (χ1n) is 8.79. The maximum atomic E-state index is 12.8. The molecule has 0 aliphatic carbocycles. The van der Waals surface area contributed by atoms with Crippen LogP contribution in [-0.4, -0.2) is 34.3 Å². The molecule has 140 valence electrons. The summed E-state index contributed by atoms with van der Waals surface area (Å²) in [5.74, 6) is 1.64. The number of benzene rings is 2. The number of carbonyl (C=O) groups excluding carboxylic acids is 1. The van der Waals surface area contributed by atoms with Gasteiger partial charge >= 0.3 is 0 Å². The zero-order valence-electron chi connectivity index (χ0n) is 15.0. The molecule has 3 heterocycles. The second-order valence-corrected chi connectivity index (χ2v) is 6.39. The van der Waals surface area contributed by atoms with Gasteiger partial charge < -0.3 is 19.2 Å². The molecule has 2 aromatic heterocycles. The van der Waals surface area contributed by atoms with Gasteiger partial charge in [0.15, 0.2) is 23.0 Å². The number of oxazole rings is 1. The van der Waals surface area contributed by atoms with E-state index in [4.69, 9.17) is 13.9 Å². The van der Waals surface area contributed by atoms with E-state index in [1.807, 2.05) is 18.2 Å². The van der Waals surface area contributed by atoms with E-state index in [0.717, 1.165) is 5.56 Å². The second-order valence-electron chi connectivity index (χ2n) is 6.39. The van der Waals surface area contributed by atoms with Crippen LogP contribution in [0, 0.1) is 6.92 Å². The molecule has 4 aromatic rings. The number of hydrogen-bond acceptors (Lipinski definition) is 6. The summed E-state index contributed by atoms with van der Waals surface area (Å²) in [6.45, 7) is 2.81. The number of amides is 1. The highest BCUT2D eigenvalue weighted by Gasteiger charge is 2.19. The number of carbonyl (C=O) groups is 1. The van der Waals surface area contributed by atoms with Crippen molar-refractivity contribution < 1.29 is 18.7 Å². The predicted octanol–water partition coefficient (Wildman–Crippen LogP) is 3.55. The van der Waals surface area contributed by atoms with Gasteiger partial charge in [-0.05, 0) is 36.4 Å². The number of anilines is 1. The van der Waals surface area contributed by atoms with Crippen LogP contribution in [0.1, 0.15) is 16.2 Å². The van der Waals surface area contributed by atoms with Gasteiger partial charge in [0.2, 0.25) is 0 Å². The molecule has 0 atom stereocenters. The molecule has 1 aliphatic rings. The molecule has 0 saturated heterocycles. The van der Waals surface area contributed by atoms with Gasteiger partial charge in [0.1, 0.15) is 18.7 Å². The molecule has 5 rings (SSSR count). The third kappa shape index (κ3) is 2.84. The second kappa shape index (κ2) is 6.41. The summed E-state index contributed by atoms with van der Waals surface area (Å²) in [5.41, 5.74) is 3.81. The Morgan fingerprint density at radius 1 is 1.11 bits per heavy atom. The van der Waals surface area contributed by atoms with E-state index in [9.17, 15) is 4.79 Å². The first kappa shape index (κ1) is 16.4. The summed E-state index contributed by atoms with van der Waals surface area (Å²) >= 11 is 0. The number of H-pyrrole nitrogens is 1. The Hall–Kier alpha value is -3.81. The molecule has 1 amide bonds. The lowest BCUT2D eigenvalue weighted by Gasteiger charge is -2.18. The first-order chi connectivity index (χ1) is 13.7. The van der Waals surface area contributed by atoms with E-state index in [1.54, 1.807) is 25.1 Å². The molecule has 0 saturated carbocycles. The van der Waals surface area contributed by atoms with E-state index < -0.39 is 0 Å². The minimum absolute atomic E-state index is 0.279. The Kier molecular flexibility index (Phi) is 3.75. The Bertz CT molecular complexity index is 1190. The Morgan fingerprint density at radius 3 is 2.86 bits per heavy atom. The highest BCUT2D eigenvalue weighted by Crippen LogP contribution is 2.35. The number of aryl methyl sites for hydroxylation is 1. The van der Waals surface area contributed by atoms with Gasteiger partial charge in [-0.25, -0.2) is 4.98 Å². The average Bonchev–Trinajstić information content (AvgIpc) is 3.33. The van der Waals surface area contributed by atoms with E-state index in [-0.39, 0.29) is 5.91 Å². The first-order valence-corrected chi connectivity index (χ1v) is 8.79. The lowest BCUT2D eigenvalue weighted by molar-refractivity contribution is 0.102. The predicted molar refractivity (Wildman–Crippen MR) is 102 cm³/mol. The van der Waals surface area contributed by atoms with Crippen LogP contribution in [0.2, 0.25) is 0 Å². The standard InChI is InChI=1S/C20H16N4O4/c1-11-22-15-9-13(3-5-16(15)28-11)23-20(25)14-10-21-24-19(14)12-2-4-17-18(8-12)27-7-6-26-17/h2-5,8-10H,6-7H2,1H3,(H,21,24)(H,23,25). The normalized spacial score (nSPS) is 12.9. The number of nitrogens with zero attached hydrogens (tertiary/aromatic N) is 2. The van der Waals surface area contributed by atoms with Crippen LogP contribution in [-0.2, 0) is 0 Å². The molecule has 1 aliphatic heterocycles. The number of nitrogens with one attached hydrogen (secondary N) is 2. The van der Waals surface area contributed by atoms with Gasteiger partial charge in [0.25, 0.3) is 5.91 Å². The maximum Gasteiger partial charge on any atom is 0.259 e. The summed E-state index contributed by atoms with van der Waals surface area (Å²) in [6.07, 6.45) is 1.50. The van der Waals surface area contributed by atoms with Gasteiger partial charge in [0.05, 0.1) is 17.5 Å². The largest absolute Gasteiger partial charge is 0.486 e. The van der Waals surface area contributed by atoms with Crippen LogP contribution in [0.15, 0.2) is 47.0 Å². The van der Waals surface area contributed by atoms with Crippen LogP contribution >= 0.6 is 0 Å². The van der Waals surface area contributed by atoms with Gasteiger partial charge in [-0.2, -0.15) is 5.10 Å². The number of ether oxygens (including phenoxy) is 2. The Labute approximate surface area is 159 Å². The topological polar surface area (TPSA) is 102 Å². The molecular weight excluding hydrogens is 360 g/mol. The molecule has 8 heteroatoms. The third-order valence-corrected chi connectivity index (χ3v) is 4.47. The Morgan fingerprint density at radius 2 is 1.96 bits per heavy atom. The SMILES string of the molecule is Cc1nc2cc(NC(=O)c3cn[nH]c3-c3ccc4c(c3)OCCO4)ccc2o1. The molecule has 0 radical (unpaired) electrons. The lowest BCUT2D eigenvalue weighted by atomic mass is 10.1. The molecule has 0 fully saturated rings. The summed E-state index contributed by atoms with van der Waals surface area (Å²) in [4.78, 5) is 17.1. The quantitative estimate of drug-likeness (QED) is 0.567. The molecular formula is C20H16N4O4. The zero-order valence-corrected chi connectivity index (χ0v) is 15.0. The number of rotatable bonds is 3. The van der Waals surface area contributed by atoms with Crippen molar-refractivity contribution >= 4 is 22.7 Å². The van der Waals surface area contributed by atoms with Crippen molar-refractivity contribution in [1.29, 1.82) is 0 Å². The van der Waals surface area contributed by atoms with Crippen molar-refractivity contribution in [2.45, 2.75) is 6.92 Å². The summed E-state index contributed by atoms with van der Waals surface area (Å²) in [6, 6.07) is 10.8. The van der Waals surface area contributed by atoms with Crippen LogP contribution in [0.25, 0.3) is 22.4 Å². The lowest BCUT2D eigenvalue weighted by Crippen LogP contribution is -2.15. The van der Waals surface area contributed by atoms with E-state index in [2.05, 4.69) is 20.5 Å². The fourth-order valence-electron chi connectivity index (χ4n) is 3.20. The minimum Gasteiger partial charge on any atom is -0.486 e. The van der Waals surface area contributed by atoms with Crippen LogP contribution < -0.4 is 14.8 Å². The molecule has 2 N–H and O–H groups in total. The van der Waals surface area contributed by atoms with Gasteiger partial charge in [-0.15, -0.1) is 0 Å². The average molecular weight is 376 g/mol. The van der Waals surface area contributed by atoms with Crippen molar-refractivity contribution in [3.63, 3.8) is 0 Å². The molecule has 0 bridgehead atoms. The number of aromatic nitrogens is 3. The minimum atomic E-state index is -0.279. The van der Waals surface area contributed by atoms with Crippen molar-refractivity contribution in [2.24, 2.45) is 0 Å².